The van der Waals surface area contributed by atoms with Crippen LogP contribution in [-0.4, -0.2) is 31.8 Å². The normalized spacial score (nSPS) is 16.0. The summed E-state index contributed by atoms with van der Waals surface area (Å²) in [6.07, 6.45) is 5.45. The second-order valence-corrected chi connectivity index (χ2v) is 6.53. The van der Waals surface area contributed by atoms with Gasteiger partial charge in [0.05, 0.1) is 5.75 Å². The molecule has 0 spiro atoms. The van der Waals surface area contributed by atoms with Crippen molar-refractivity contribution < 1.29 is 18.3 Å². The van der Waals surface area contributed by atoms with Gasteiger partial charge < -0.3 is 5.11 Å². The van der Waals surface area contributed by atoms with Crippen molar-refractivity contribution in [2.75, 3.05) is 12.3 Å². The monoisotopic (exact) mass is 263 g/mol. The van der Waals surface area contributed by atoms with Crippen LogP contribution in [0.25, 0.3) is 0 Å². The second kappa shape index (κ2) is 6.96. The van der Waals surface area contributed by atoms with Gasteiger partial charge in [-0.3, -0.25) is 4.79 Å². The van der Waals surface area contributed by atoms with Crippen LogP contribution < -0.4 is 4.72 Å². The Kier molecular flexibility index (Phi) is 5.91. The number of hydrogen-bond acceptors (Lipinski definition) is 3. The molecule has 0 aromatic heterocycles. The van der Waals surface area contributed by atoms with Crippen molar-refractivity contribution >= 4 is 16.0 Å². The third-order valence-corrected chi connectivity index (χ3v) is 4.35. The molecule has 0 heterocycles. The molecule has 2 N–H and O–H groups in total. The van der Waals surface area contributed by atoms with Crippen LogP contribution >= 0.6 is 0 Å². The van der Waals surface area contributed by atoms with E-state index >= 15 is 0 Å². The summed E-state index contributed by atoms with van der Waals surface area (Å²) >= 11 is 0. The molecule has 17 heavy (non-hydrogen) atoms. The van der Waals surface area contributed by atoms with E-state index in [4.69, 9.17) is 5.11 Å². The van der Waals surface area contributed by atoms with Crippen LogP contribution in [0.4, 0.5) is 0 Å². The summed E-state index contributed by atoms with van der Waals surface area (Å²) in [6.45, 7) is 0.474. The van der Waals surface area contributed by atoms with Crippen LogP contribution in [0.5, 0.6) is 0 Å². The van der Waals surface area contributed by atoms with Crippen LogP contribution in [0.1, 0.15) is 44.9 Å². The molecule has 1 rings (SSSR count). The first-order valence-corrected chi connectivity index (χ1v) is 7.84. The quantitative estimate of drug-likeness (QED) is 0.583. The summed E-state index contributed by atoms with van der Waals surface area (Å²) in [7, 11) is -3.07. The topological polar surface area (TPSA) is 83.5 Å². The fraction of sp³-hybridized carbons (Fsp3) is 0.909. The molecule has 1 aliphatic carbocycles. The average molecular weight is 263 g/mol. The molecule has 0 aliphatic heterocycles. The molecule has 1 aliphatic rings. The molecule has 0 bridgehead atoms. The van der Waals surface area contributed by atoms with Crippen molar-refractivity contribution in [3.63, 3.8) is 0 Å². The summed E-state index contributed by atoms with van der Waals surface area (Å²) in [6, 6.07) is 0. The van der Waals surface area contributed by atoms with Crippen LogP contribution in [0, 0.1) is 5.92 Å². The molecule has 0 amide bonds. The van der Waals surface area contributed by atoms with Crippen LogP contribution in [-0.2, 0) is 14.8 Å². The zero-order chi connectivity index (χ0) is 12.7. The van der Waals surface area contributed by atoms with E-state index in [0.717, 1.165) is 32.1 Å². The predicted molar refractivity (Wildman–Crippen MR) is 65.2 cm³/mol. The maximum absolute atomic E-state index is 11.5. The van der Waals surface area contributed by atoms with Gasteiger partial charge in [-0.25, -0.2) is 13.1 Å². The average Bonchev–Trinajstić information content (AvgIpc) is 2.99. The molecule has 1 saturated carbocycles. The fourth-order valence-electron chi connectivity index (χ4n) is 1.64. The zero-order valence-electron chi connectivity index (χ0n) is 10.0. The smallest absolute Gasteiger partial charge is 0.303 e. The molecule has 100 valence electrons. The number of hydrogen-bond donors (Lipinski definition) is 2. The molecular formula is C11H21NO4S. The first-order valence-electron chi connectivity index (χ1n) is 6.19. The molecule has 0 radical (unpaired) electrons. The summed E-state index contributed by atoms with van der Waals surface area (Å²) in [5.74, 6) is -0.121. The molecule has 1 fully saturated rings. The van der Waals surface area contributed by atoms with Gasteiger partial charge in [-0.2, -0.15) is 0 Å². The lowest BCUT2D eigenvalue weighted by molar-refractivity contribution is -0.137. The number of aliphatic carboxylic acids is 1. The highest BCUT2D eigenvalue weighted by molar-refractivity contribution is 7.89. The lowest BCUT2D eigenvalue weighted by Crippen LogP contribution is -2.28. The van der Waals surface area contributed by atoms with Gasteiger partial charge in [0.25, 0.3) is 0 Å². The molecule has 0 saturated heterocycles. The Hall–Kier alpha value is -0.620. The van der Waals surface area contributed by atoms with Gasteiger partial charge in [-0.05, 0) is 31.6 Å². The molecule has 0 unspecified atom stereocenters. The number of nitrogens with one attached hydrogen (secondary N) is 1. The first-order chi connectivity index (χ1) is 7.99. The number of unbranched alkanes of at least 4 members (excludes halogenated alkanes) is 3. The molecule has 6 heteroatoms. The van der Waals surface area contributed by atoms with Crippen molar-refractivity contribution in [2.24, 2.45) is 5.92 Å². The molecule has 0 atom stereocenters. The Labute approximate surface area is 103 Å². The minimum Gasteiger partial charge on any atom is -0.481 e. The maximum Gasteiger partial charge on any atom is 0.303 e. The van der Waals surface area contributed by atoms with E-state index < -0.39 is 16.0 Å². The molecule has 0 aromatic carbocycles. The van der Waals surface area contributed by atoms with E-state index in [-0.39, 0.29) is 12.2 Å². The van der Waals surface area contributed by atoms with Gasteiger partial charge in [-0.15, -0.1) is 0 Å². The van der Waals surface area contributed by atoms with Gasteiger partial charge in [0.1, 0.15) is 0 Å². The maximum atomic E-state index is 11.5. The van der Waals surface area contributed by atoms with Crippen LogP contribution in [0.15, 0.2) is 0 Å². The second-order valence-electron chi connectivity index (χ2n) is 4.68. The summed E-state index contributed by atoms with van der Waals surface area (Å²) in [5.41, 5.74) is 0. The zero-order valence-corrected chi connectivity index (χ0v) is 10.8. The van der Waals surface area contributed by atoms with Crippen molar-refractivity contribution in [3.8, 4) is 0 Å². The number of carboxylic acids is 1. The number of carbonyl (C=O) groups is 1. The Balaban J connectivity index is 1.94. The summed E-state index contributed by atoms with van der Waals surface area (Å²) in [4.78, 5) is 10.2. The van der Waals surface area contributed by atoms with Gasteiger partial charge in [-0.1, -0.05) is 12.8 Å². The Morgan fingerprint density at radius 3 is 2.41 bits per heavy atom. The highest BCUT2D eigenvalue weighted by Gasteiger charge is 2.27. The predicted octanol–water partition coefficient (Wildman–Crippen LogP) is 1.35. The lowest BCUT2D eigenvalue weighted by Gasteiger charge is -2.05. The van der Waals surface area contributed by atoms with E-state index in [2.05, 4.69) is 4.72 Å². The lowest BCUT2D eigenvalue weighted by atomic mass is 10.1. The van der Waals surface area contributed by atoms with Crippen molar-refractivity contribution in [3.05, 3.63) is 0 Å². The van der Waals surface area contributed by atoms with E-state index in [0.29, 0.717) is 18.9 Å². The van der Waals surface area contributed by atoms with E-state index in [1.54, 1.807) is 0 Å². The number of carboxylic acid groups (broad SMARTS) is 1. The Morgan fingerprint density at radius 2 is 1.82 bits per heavy atom. The van der Waals surface area contributed by atoms with E-state index in [1.165, 1.54) is 0 Å². The van der Waals surface area contributed by atoms with Crippen molar-refractivity contribution in [2.45, 2.75) is 44.9 Å². The minimum atomic E-state index is -3.07. The van der Waals surface area contributed by atoms with Crippen LogP contribution in [0.3, 0.4) is 0 Å². The largest absolute Gasteiger partial charge is 0.481 e. The highest BCUT2D eigenvalue weighted by Crippen LogP contribution is 2.29. The van der Waals surface area contributed by atoms with Crippen molar-refractivity contribution in [1.29, 1.82) is 0 Å². The third-order valence-electron chi connectivity index (χ3n) is 2.79. The number of sulfonamides is 1. The van der Waals surface area contributed by atoms with Gasteiger partial charge in [0.15, 0.2) is 0 Å². The van der Waals surface area contributed by atoms with Crippen molar-refractivity contribution in [1.82, 2.24) is 4.72 Å². The Morgan fingerprint density at radius 1 is 1.18 bits per heavy atom. The minimum absolute atomic E-state index is 0.202. The van der Waals surface area contributed by atoms with Gasteiger partial charge in [0, 0.05) is 13.0 Å². The molecule has 0 aromatic rings. The summed E-state index contributed by atoms with van der Waals surface area (Å²) in [5, 5.41) is 8.42. The Bertz CT molecular complexity index is 335. The van der Waals surface area contributed by atoms with Gasteiger partial charge in [0.2, 0.25) is 10.0 Å². The van der Waals surface area contributed by atoms with E-state index in [1.807, 2.05) is 0 Å². The van der Waals surface area contributed by atoms with Crippen LogP contribution in [0.2, 0.25) is 0 Å². The van der Waals surface area contributed by atoms with E-state index in [9.17, 15) is 13.2 Å². The molecule has 5 nitrogen and oxygen atoms in total. The highest BCUT2D eigenvalue weighted by atomic mass is 32.2. The standard InChI is InChI=1S/C11H21NO4S/c13-11(14)5-3-1-2-4-8-12-17(15,16)9-10-6-7-10/h10,12H,1-9H2,(H,13,14). The first kappa shape index (κ1) is 14.4. The summed E-state index contributed by atoms with van der Waals surface area (Å²) < 4.78 is 25.5. The fourth-order valence-corrected chi connectivity index (χ4v) is 3.16. The molecular weight excluding hydrogens is 242 g/mol. The SMILES string of the molecule is O=C(O)CCCCCCNS(=O)(=O)CC1CC1. The van der Waals surface area contributed by atoms with Gasteiger partial charge >= 0.3 is 5.97 Å². The number of rotatable bonds is 10. The third kappa shape index (κ3) is 8.15.